The maximum absolute atomic E-state index is 8.90. The largest absolute Gasteiger partial charge is 0.395 e. The number of hydrogen-bond acceptors (Lipinski definition) is 3. The molecule has 1 saturated carbocycles. The Labute approximate surface area is 92.1 Å². The molecule has 2 nitrogen and oxygen atoms in total. The third kappa shape index (κ3) is 2.10. The number of thiol groups is 1. The van der Waals surface area contributed by atoms with Crippen LogP contribution >= 0.6 is 12.6 Å². The highest BCUT2D eigenvalue weighted by molar-refractivity contribution is 7.80. The van der Waals surface area contributed by atoms with Gasteiger partial charge in [0.15, 0.2) is 0 Å². The molecule has 0 radical (unpaired) electrons. The van der Waals surface area contributed by atoms with Crippen molar-refractivity contribution in [3.8, 4) is 0 Å². The second kappa shape index (κ2) is 4.42. The average Bonchev–Trinajstić information content (AvgIpc) is 2.76. The molecule has 1 heterocycles. The number of likely N-dealkylation sites (tertiary alicyclic amines) is 1. The second-order valence-electron chi connectivity index (χ2n) is 5.04. The van der Waals surface area contributed by atoms with Crippen LogP contribution in [-0.4, -0.2) is 42.0 Å². The fourth-order valence-corrected chi connectivity index (χ4v) is 3.53. The highest BCUT2D eigenvalue weighted by Gasteiger charge is 2.43. The van der Waals surface area contributed by atoms with E-state index in [-0.39, 0.29) is 0 Å². The van der Waals surface area contributed by atoms with Gasteiger partial charge in [-0.25, -0.2) is 0 Å². The fourth-order valence-electron chi connectivity index (χ4n) is 3.21. The number of aliphatic hydroxyl groups excluding tert-OH is 1. The molecule has 1 N–H and O–H groups in total. The van der Waals surface area contributed by atoms with Crippen LogP contribution in [0.1, 0.15) is 25.7 Å². The van der Waals surface area contributed by atoms with E-state index in [1.54, 1.807) is 0 Å². The standard InChI is InChI=1S/C11H21NOS/c13-6-5-12-4-3-11(9-12)2-1-10(7-11)8-14/h10,13-14H,1-9H2/t10-,11+/m0/s1. The van der Waals surface area contributed by atoms with Gasteiger partial charge in [0.2, 0.25) is 0 Å². The molecule has 1 saturated heterocycles. The average molecular weight is 215 g/mol. The summed E-state index contributed by atoms with van der Waals surface area (Å²) >= 11 is 4.40. The molecule has 1 aliphatic carbocycles. The van der Waals surface area contributed by atoms with E-state index in [1.807, 2.05) is 0 Å². The van der Waals surface area contributed by atoms with Crippen molar-refractivity contribution in [1.82, 2.24) is 4.90 Å². The molecule has 1 spiro atoms. The summed E-state index contributed by atoms with van der Waals surface area (Å²) in [5, 5.41) is 8.90. The Balaban J connectivity index is 1.87. The van der Waals surface area contributed by atoms with Crippen molar-refractivity contribution in [3.05, 3.63) is 0 Å². The molecular weight excluding hydrogens is 194 g/mol. The molecule has 2 fully saturated rings. The Morgan fingerprint density at radius 2 is 2.29 bits per heavy atom. The summed E-state index contributed by atoms with van der Waals surface area (Å²) in [6.45, 7) is 3.59. The van der Waals surface area contributed by atoms with Crippen LogP contribution < -0.4 is 0 Å². The smallest absolute Gasteiger partial charge is 0.0558 e. The van der Waals surface area contributed by atoms with E-state index < -0.39 is 0 Å². The monoisotopic (exact) mass is 215 g/mol. The summed E-state index contributed by atoms with van der Waals surface area (Å²) in [6, 6.07) is 0. The lowest BCUT2D eigenvalue weighted by Crippen LogP contribution is -2.27. The first-order valence-electron chi connectivity index (χ1n) is 5.72. The van der Waals surface area contributed by atoms with Crippen molar-refractivity contribution in [2.75, 3.05) is 32.0 Å². The Morgan fingerprint density at radius 1 is 1.43 bits per heavy atom. The van der Waals surface area contributed by atoms with Crippen LogP contribution in [0, 0.1) is 11.3 Å². The first-order valence-corrected chi connectivity index (χ1v) is 6.35. The van der Waals surface area contributed by atoms with Crippen molar-refractivity contribution in [2.24, 2.45) is 11.3 Å². The van der Waals surface area contributed by atoms with E-state index in [0.717, 1.165) is 18.2 Å². The highest BCUT2D eigenvalue weighted by atomic mass is 32.1. The van der Waals surface area contributed by atoms with E-state index in [0.29, 0.717) is 12.0 Å². The summed E-state index contributed by atoms with van der Waals surface area (Å²) in [4.78, 5) is 2.42. The van der Waals surface area contributed by atoms with Gasteiger partial charge < -0.3 is 10.0 Å². The first kappa shape index (κ1) is 10.8. The fraction of sp³-hybridized carbons (Fsp3) is 1.00. The Bertz CT molecular complexity index is 200. The van der Waals surface area contributed by atoms with Gasteiger partial charge in [0.1, 0.15) is 0 Å². The van der Waals surface area contributed by atoms with Gasteiger partial charge in [-0.05, 0) is 49.3 Å². The van der Waals surface area contributed by atoms with E-state index in [2.05, 4.69) is 17.5 Å². The van der Waals surface area contributed by atoms with Crippen molar-refractivity contribution in [1.29, 1.82) is 0 Å². The zero-order chi connectivity index (χ0) is 10.0. The van der Waals surface area contributed by atoms with Crippen molar-refractivity contribution in [2.45, 2.75) is 25.7 Å². The van der Waals surface area contributed by atoms with Crippen molar-refractivity contribution < 1.29 is 5.11 Å². The summed E-state index contributed by atoms with van der Waals surface area (Å²) in [5.74, 6) is 1.91. The lowest BCUT2D eigenvalue weighted by molar-refractivity contribution is 0.199. The van der Waals surface area contributed by atoms with Gasteiger partial charge in [-0.1, -0.05) is 0 Å². The van der Waals surface area contributed by atoms with Crippen LogP contribution in [0.2, 0.25) is 0 Å². The topological polar surface area (TPSA) is 23.5 Å². The second-order valence-corrected chi connectivity index (χ2v) is 5.41. The Kier molecular flexibility index (Phi) is 3.40. The van der Waals surface area contributed by atoms with Crippen molar-refractivity contribution >= 4 is 12.6 Å². The molecule has 2 rings (SSSR count). The number of hydrogen-bond donors (Lipinski definition) is 2. The quantitative estimate of drug-likeness (QED) is 0.695. The zero-order valence-corrected chi connectivity index (χ0v) is 9.68. The Hall–Kier alpha value is 0.270. The zero-order valence-electron chi connectivity index (χ0n) is 8.78. The molecule has 0 aromatic heterocycles. The van der Waals surface area contributed by atoms with Crippen molar-refractivity contribution in [3.63, 3.8) is 0 Å². The summed E-state index contributed by atoms with van der Waals surface area (Å²) in [7, 11) is 0. The lowest BCUT2D eigenvalue weighted by Gasteiger charge is -2.23. The molecule has 0 aromatic carbocycles. The van der Waals surface area contributed by atoms with Crippen LogP contribution in [0.5, 0.6) is 0 Å². The first-order chi connectivity index (χ1) is 6.78. The Morgan fingerprint density at radius 3 is 2.93 bits per heavy atom. The van der Waals surface area contributed by atoms with Crippen LogP contribution in [0.25, 0.3) is 0 Å². The summed E-state index contributed by atoms with van der Waals surface area (Å²) in [6.07, 6.45) is 5.48. The predicted molar refractivity (Wildman–Crippen MR) is 61.8 cm³/mol. The molecule has 2 atom stereocenters. The molecule has 82 valence electrons. The third-order valence-corrected chi connectivity index (χ3v) is 4.51. The minimum atomic E-state index is 0.312. The maximum Gasteiger partial charge on any atom is 0.0558 e. The minimum absolute atomic E-state index is 0.312. The normalized spacial score (nSPS) is 38.6. The van der Waals surface area contributed by atoms with Gasteiger partial charge >= 0.3 is 0 Å². The molecule has 0 aromatic rings. The number of β-amino-alcohol motifs (C(OH)–C–C–N with tert-alkyl or cyclic N) is 1. The van der Waals surface area contributed by atoms with Crippen LogP contribution in [0.3, 0.4) is 0 Å². The molecule has 2 aliphatic rings. The predicted octanol–water partition coefficient (Wildman–Crippen LogP) is 1.40. The third-order valence-electron chi connectivity index (χ3n) is 4.00. The molecular formula is C11H21NOS. The van der Waals surface area contributed by atoms with E-state index in [1.165, 1.54) is 38.8 Å². The van der Waals surface area contributed by atoms with Crippen LogP contribution in [0.15, 0.2) is 0 Å². The van der Waals surface area contributed by atoms with Gasteiger partial charge in [0.25, 0.3) is 0 Å². The van der Waals surface area contributed by atoms with Gasteiger partial charge in [0.05, 0.1) is 6.61 Å². The SMILES string of the molecule is OCCN1CC[C@@]2(CC[C@H](CS)C2)C1. The van der Waals surface area contributed by atoms with Crippen LogP contribution in [0.4, 0.5) is 0 Å². The molecule has 3 heteroatoms. The highest BCUT2D eigenvalue weighted by Crippen LogP contribution is 2.48. The molecule has 14 heavy (non-hydrogen) atoms. The maximum atomic E-state index is 8.90. The summed E-state index contributed by atoms with van der Waals surface area (Å²) in [5.41, 5.74) is 0.600. The van der Waals surface area contributed by atoms with Crippen LogP contribution in [-0.2, 0) is 0 Å². The summed E-state index contributed by atoms with van der Waals surface area (Å²) < 4.78 is 0. The molecule has 1 aliphatic heterocycles. The van der Waals surface area contributed by atoms with E-state index >= 15 is 0 Å². The van der Waals surface area contributed by atoms with Gasteiger partial charge in [0, 0.05) is 13.1 Å². The number of nitrogens with zero attached hydrogens (tertiary/aromatic N) is 1. The van der Waals surface area contributed by atoms with E-state index in [9.17, 15) is 0 Å². The van der Waals surface area contributed by atoms with Gasteiger partial charge in [-0.3, -0.25) is 0 Å². The van der Waals surface area contributed by atoms with Gasteiger partial charge in [-0.15, -0.1) is 0 Å². The number of aliphatic hydroxyl groups is 1. The molecule has 0 unspecified atom stereocenters. The van der Waals surface area contributed by atoms with Gasteiger partial charge in [-0.2, -0.15) is 12.6 Å². The number of rotatable bonds is 3. The van der Waals surface area contributed by atoms with E-state index in [4.69, 9.17) is 5.11 Å². The molecule has 0 amide bonds. The lowest BCUT2D eigenvalue weighted by atomic mass is 9.85. The minimum Gasteiger partial charge on any atom is -0.395 e. The molecule has 0 bridgehead atoms.